The van der Waals surface area contributed by atoms with E-state index in [2.05, 4.69) is 5.10 Å². The Kier molecular flexibility index (Phi) is 3.25. The monoisotopic (exact) mass is 247 g/mol. The summed E-state index contributed by atoms with van der Waals surface area (Å²) in [4.78, 5) is 0. The quantitative estimate of drug-likeness (QED) is 0.860. The molecule has 1 atom stereocenters. The summed E-state index contributed by atoms with van der Waals surface area (Å²) in [6.07, 6.45) is 0.732. The van der Waals surface area contributed by atoms with Crippen LogP contribution in [0.25, 0.3) is 0 Å². The van der Waals surface area contributed by atoms with Crippen LogP contribution in [0.2, 0.25) is 0 Å². The minimum atomic E-state index is -0.839. The third-order valence-electron chi connectivity index (χ3n) is 2.99. The third kappa shape index (κ3) is 2.04. The number of aryl methyl sites for hydroxylation is 2. The Hall–Kier alpha value is -2.01. The number of hydrogen-bond donors (Lipinski definition) is 2. The van der Waals surface area contributed by atoms with E-state index in [0.717, 1.165) is 5.56 Å². The molecule has 0 aliphatic rings. The van der Waals surface area contributed by atoms with Gasteiger partial charge in [-0.2, -0.15) is 5.10 Å². The zero-order valence-corrected chi connectivity index (χ0v) is 10.7. The normalized spacial score (nSPS) is 12.4. The number of aliphatic hydroxyl groups excluding tert-OH is 1. The number of anilines is 1. The summed E-state index contributed by atoms with van der Waals surface area (Å²) in [5, 5.41) is 14.4. The fraction of sp³-hybridized carbons (Fsp3) is 0.308. The second-order valence-electron chi connectivity index (χ2n) is 4.26. The van der Waals surface area contributed by atoms with Crippen molar-refractivity contribution in [2.24, 2.45) is 7.05 Å². The molecule has 96 valence electrons. The molecule has 18 heavy (non-hydrogen) atoms. The first-order valence-corrected chi connectivity index (χ1v) is 5.64. The topological polar surface area (TPSA) is 73.3 Å². The van der Waals surface area contributed by atoms with Crippen molar-refractivity contribution in [2.45, 2.75) is 13.0 Å². The van der Waals surface area contributed by atoms with Gasteiger partial charge in [0, 0.05) is 18.2 Å². The minimum Gasteiger partial charge on any atom is -0.496 e. The first kappa shape index (κ1) is 12.4. The van der Waals surface area contributed by atoms with Crippen LogP contribution in [0.15, 0.2) is 24.4 Å². The minimum absolute atomic E-state index is 0.450. The number of hydrogen-bond acceptors (Lipinski definition) is 4. The first-order chi connectivity index (χ1) is 8.54. The summed E-state index contributed by atoms with van der Waals surface area (Å²) in [6.45, 7) is 1.96. The van der Waals surface area contributed by atoms with Gasteiger partial charge in [-0.3, -0.25) is 4.68 Å². The van der Waals surface area contributed by atoms with Crippen molar-refractivity contribution in [3.05, 3.63) is 41.1 Å². The van der Waals surface area contributed by atoms with Crippen molar-refractivity contribution >= 4 is 5.82 Å². The summed E-state index contributed by atoms with van der Waals surface area (Å²) in [7, 11) is 3.31. The summed E-state index contributed by atoms with van der Waals surface area (Å²) in [6, 6.07) is 5.65. The van der Waals surface area contributed by atoms with Crippen LogP contribution in [-0.2, 0) is 7.05 Å². The predicted molar refractivity (Wildman–Crippen MR) is 69.4 cm³/mol. The number of nitrogens with two attached hydrogens (primary N) is 1. The Morgan fingerprint density at radius 3 is 2.67 bits per heavy atom. The van der Waals surface area contributed by atoms with Gasteiger partial charge in [0.15, 0.2) is 0 Å². The molecule has 0 spiro atoms. The molecule has 2 aromatic rings. The summed E-state index contributed by atoms with van der Waals surface area (Å²) >= 11 is 0. The summed E-state index contributed by atoms with van der Waals surface area (Å²) < 4.78 is 6.79. The van der Waals surface area contributed by atoms with Crippen molar-refractivity contribution in [3.63, 3.8) is 0 Å². The van der Waals surface area contributed by atoms with Gasteiger partial charge in [-0.05, 0) is 19.1 Å². The zero-order chi connectivity index (χ0) is 13.3. The zero-order valence-electron chi connectivity index (χ0n) is 10.7. The van der Waals surface area contributed by atoms with Gasteiger partial charge in [-0.1, -0.05) is 11.6 Å². The molecule has 2 rings (SSSR count). The molecular weight excluding hydrogens is 230 g/mol. The van der Waals surface area contributed by atoms with Crippen LogP contribution in [0.1, 0.15) is 22.8 Å². The number of aromatic nitrogens is 2. The van der Waals surface area contributed by atoms with Gasteiger partial charge in [0.2, 0.25) is 0 Å². The second kappa shape index (κ2) is 4.70. The lowest BCUT2D eigenvalue weighted by molar-refractivity contribution is 0.215. The van der Waals surface area contributed by atoms with Crippen LogP contribution in [0.5, 0.6) is 5.75 Å². The molecule has 0 aliphatic heterocycles. The lowest BCUT2D eigenvalue weighted by atomic mass is 10.0. The van der Waals surface area contributed by atoms with E-state index < -0.39 is 6.10 Å². The lowest BCUT2D eigenvalue weighted by Crippen LogP contribution is -2.06. The van der Waals surface area contributed by atoms with E-state index in [1.54, 1.807) is 20.4 Å². The maximum absolute atomic E-state index is 10.4. The Bertz CT molecular complexity index is 563. The maximum atomic E-state index is 10.4. The van der Waals surface area contributed by atoms with Gasteiger partial charge in [-0.15, -0.1) is 0 Å². The number of ether oxygens (including phenoxy) is 1. The van der Waals surface area contributed by atoms with Crippen LogP contribution in [0.4, 0.5) is 5.82 Å². The van der Waals surface area contributed by atoms with Gasteiger partial charge in [0.05, 0.1) is 13.3 Å². The molecule has 0 fully saturated rings. The van der Waals surface area contributed by atoms with Crippen molar-refractivity contribution in [1.82, 2.24) is 9.78 Å². The molecule has 0 saturated heterocycles. The standard InChI is InChI=1S/C13H17N3O2/c1-8-4-5-11(18-3)9(6-8)12(17)10-7-15-16(2)13(10)14/h4-7,12,17H,14H2,1-3H3. The number of benzene rings is 1. The highest BCUT2D eigenvalue weighted by atomic mass is 16.5. The fourth-order valence-electron chi connectivity index (χ4n) is 1.91. The van der Waals surface area contributed by atoms with E-state index in [0.29, 0.717) is 22.7 Å². The highest BCUT2D eigenvalue weighted by Crippen LogP contribution is 2.32. The van der Waals surface area contributed by atoms with E-state index >= 15 is 0 Å². The van der Waals surface area contributed by atoms with Gasteiger partial charge >= 0.3 is 0 Å². The SMILES string of the molecule is COc1ccc(C)cc1C(O)c1cnn(C)c1N. The molecule has 0 radical (unpaired) electrons. The molecule has 1 heterocycles. The van der Waals surface area contributed by atoms with Gasteiger partial charge in [-0.25, -0.2) is 0 Å². The van der Waals surface area contributed by atoms with Crippen molar-refractivity contribution in [1.29, 1.82) is 0 Å². The molecule has 0 aliphatic carbocycles. The molecule has 1 unspecified atom stereocenters. The molecule has 5 heteroatoms. The summed E-state index contributed by atoms with van der Waals surface area (Å²) in [5.74, 6) is 1.09. The van der Waals surface area contributed by atoms with Crippen molar-refractivity contribution < 1.29 is 9.84 Å². The van der Waals surface area contributed by atoms with Gasteiger partial charge < -0.3 is 15.6 Å². The average molecular weight is 247 g/mol. The van der Waals surface area contributed by atoms with Crippen LogP contribution in [-0.4, -0.2) is 22.0 Å². The van der Waals surface area contributed by atoms with Crippen LogP contribution in [0, 0.1) is 6.92 Å². The highest BCUT2D eigenvalue weighted by Gasteiger charge is 2.20. The Labute approximate surface area is 106 Å². The molecule has 0 bridgehead atoms. The van der Waals surface area contributed by atoms with E-state index in [9.17, 15) is 5.11 Å². The molecule has 5 nitrogen and oxygen atoms in total. The van der Waals surface area contributed by atoms with Crippen LogP contribution >= 0.6 is 0 Å². The Balaban J connectivity index is 2.48. The molecule has 0 saturated carbocycles. The molecular formula is C13H17N3O2. The van der Waals surface area contributed by atoms with Gasteiger partial charge in [0.1, 0.15) is 17.7 Å². The molecule has 1 aromatic heterocycles. The predicted octanol–water partition coefficient (Wildman–Crippen LogP) is 1.40. The van der Waals surface area contributed by atoms with Crippen LogP contribution in [0.3, 0.4) is 0 Å². The second-order valence-corrected chi connectivity index (χ2v) is 4.26. The Morgan fingerprint density at radius 2 is 2.11 bits per heavy atom. The largest absolute Gasteiger partial charge is 0.496 e. The number of methoxy groups -OCH3 is 1. The van der Waals surface area contributed by atoms with Crippen LogP contribution < -0.4 is 10.5 Å². The molecule has 1 aromatic carbocycles. The van der Waals surface area contributed by atoms with Crippen molar-refractivity contribution in [3.8, 4) is 5.75 Å². The van der Waals surface area contributed by atoms with Gasteiger partial charge in [0.25, 0.3) is 0 Å². The number of nitrogen functional groups attached to an aromatic ring is 1. The van der Waals surface area contributed by atoms with E-state index in [-0.39, 0.29) is 0 Å². The first-order valence-electron chi connectivity index (χ1n) is 5.64. The lowest BCUT2D eigenvalue weighted by Gasteiger charge is -2.15. The smallest absolute Gasteiger partial charge is 0.127 e. The Morgan fingerprint density at radius 1 is 1.39 bits per heavy atom. The maximum Gasteiger partial charge on any atom is 0.127 e. The third-order valence-corrected chi connectivity index (χ3v) is 2.99. The average Bonchev–Trinajstić information content (AvgIpc) is 2.69. The van der Waals surface area contributed by atoms with Crippen molar-refractivity contribution in [2.75, 3.05) is 12.8 Å². The molecule has 0 amide bonds. The number of aliphatic hydroxyl groups is 1. The number of rotatable bonds is 3. The van der Waals surface area contributed by atoms with E-state index in [1.165, 1.54) is 4.68 Å². The molecule has 3 N–H and O–H groups in total. The van der Waals surface area contributed by atoms with E-state index in [4.69, 9.17) is 10.5 Å². The summed E-state index contributed by atoms with van der Waals surface area (Å²) in [5.41, 5.74) is 8.19. The highest BCUT2D eigenvalue weighted by molar-refractivity contribution is 5.48. The van der Waals surface area contributed by atoms with E-state index in [1.807, 2.05) is 25.1 Å². The fourth-order valence-corrected chi connectivity index (χ4v) is 1.91. The number of nitrogens with zero attached hydrogens (tertiary/aromatic N) is 2.